The van der Waals surface area contributed by atoms with E-state index in [1.54, 1.807) is 33.8 Å². The molecule has 2 aliphatic carbocycles. The zero-order valence-corrected chi connectivity index (χ0v) is 23.5. The van der Waals surface area contributed by atoms with Crippen LogP contribution in [0.3, 0.4) is 0 Å². The van der Waals surface area contributed by atoms with Gasteiger partial charge in [0.2, 0.25) is 0 Å². The van der Waals surface area contributed by atoms with Crippen molar-refractivity contribution in [2.75, 3.05) is 19.8 Å². The van der Waals surface area contributed by atoms with Crippen LogP contribution in [0.25, 0.3) is 0 Å². The van der Waals surface area contributed by atoms with Crippen LogP contribution in [0.4, 0.5) is 0 Å². The molecule has 3 saturated heterocycles. The minimum atomic E-state index is -1.13. The number of hydrogen-bond acceptors (Lipinski definition) is 9. The molecule has 0 radical (unpaired) electrons. The van der Waals surface area contributed by atoms with Gasteiger partial charge in [-0.15, -0.1) is 0 Å². The molecule has 2 spiro atoms. The number of epoxide rings is 1. The van der Waals surface area contributed by atoms with Gasteiger partial charge in [0.25, 0.3) is 0 Å². The molecule has 0 amide bonds. The van der Waals surface area contributed by atoms with Crippen molar-refractivity contribution in [2.24, 2.45) is 22.7 Å². The van der Waals surface area contributed by atoms with Gasteiger partial charge in [-0.25, -0.2) is 4.79 Å². The summed E-state index contributed by atoms with van der Waals surface area (Å²) in [6.07, 6.45) is 3.42. The molecule has 5 aliphatic rings. The lowest BCUT2D eigenvalue weighted by Gasteiger charge is -2.70. The third-order valence-electron chi connectivity index (χ3n) is 10.7. The Morgan fingerprint density at radius 1 is 1.13 bits per heavy atom. The minimum Gasteiger partial charge on any atom is -0.463 e. The van der Waals surface area contributed by atoms with Crippen LogP contribution in [0.1, 0.15) is 80.1 Å². The fourth-order valence-corrected chi connectivity index (χ4v) is 8.14. The SMILES string of the molecule is C/C=C(/C)C(=O)O[C@H]1[C@H](OC(=O)C(C)C)[C@]2(C)O[C@]3(CC[C@]2(C)[C@H]2CCCC4(CO4)[C@]12CO)COC(=O)C3. The fourth-order valence-electron chi connectivity index (χ4n) is 8.14. The summed E-state index contributed by atoms with van der Waals surface area (Å²) in [5.74, 6) is -1.88. The molecule has 38 heavy (non-hydrogen) atoms. The minimum absolute atomic E-state index is 0.120. The Morgan fingerprint density at radius 2 is 1.84 bits per heavy atom. The van der Waals surface area contributed by atoms with Crippen molar-refractivity contribution >= 4 is 17.9 Å². The van der Waals surface area contributed by atoms with Crippen LogP contribution in [0.2, 0.25) is 0 Å². The molecule has 212 valence electrons. The van der Waals surface area contributed by atoms with Gasteiger partial charge in [-0.05, 0) is 52.4 Å². The number of esters is 3. The smallest absolute Gasteiger partial charge is 0.333 e. The quantitative estimate of drug-likeness (QED) is 0.245. The Labute approximate surface area is 224 Å². The Balaban J connectivity index is 1.71. The topological polar surface area (TPSA) is 121 Å². The zero-order chi connectivity index (χ0) is 27.7. The van der Waals surface area contributed by atoms with Crippen molar-refractivity contribution in [3.05, 3.63) is 11.6 Å². The van der Waals surface area contributed by atoms with Crippen LogP contribution in [0.15, 0.2) is 11.6 Å². The van der Waals surface area contributed by atoms with Gasteiger partial charge in [0.1, 0.15) is 23.4 Å². The van der Waals surface area contributed by atoms with Crippen LogP contribution in [0, 0.1) is 22.7 Å². The Bertz CT molecular complexity index is 1050. The van der Waals surface area contributed by atoms with Crippen molar-refractivity contribution in [3.63, 3.8) is 0 Å². The summed E-state index contributed by atoms with van der Waals surface area (Å²) in [7, 11) is 0. The summed E-state index contributed by atoms with van der Waals surface area (Å²) in [6.45, 7) is 11.3. The number of ether oxygens (including phenoxy) is 5. The number of rotatable bonds is 5. The molecule has 3 aliphatic heterocycles. The predicted molar refractivity (Wildman–Crippen MR) is 135 cm³/mol. The van der Waals surface area contributed by atoms with Gasteiger partial charge in [-0.3, -0.25) is 9.59 Å². The van der Waals surface area contributed by atoms with E-state index in [9.17, 15) is 19.5 Å². The highest BCUT2D eigenvalue weighted by molar-refractivity contribution is 5.88. The molecular formula is C29H42O9. The lowest BCUT2D eigenvalue weighted by molar-refractivity contribution is -0.361. The van der Waals surface area contributed by atoms with Crippen LogP contribution in [-0.2, 0) is 38.1 Å². The summed E-state index contributed by atoms with van der Waals surface area (Å²) in [5.41, 5.74) is -3.79. The number of aliphatic hydroxyl groups excluding tert-OH is 1. The molecule has 0 aromatic rings. The van der Waals surface area contributed by atoms with Crippen molar-refractivity contribution in [3.8, 4) is 0 Å². The standard InChI is InChI=1S/C29H42O9/c1-7-18(4)24(33)37-22-21(36-23(32)17(2)3)26(6)25(5,11-12-27(38-26)13-20(31)34-15-27)19-9-8-10-28(16-35-28)29(19,22)14-30/h7,17,19,21-22,30H,8-16H2,1-6H3/b18-7-/t19-,21+,22+,25-,26+,27+,28?,29+/m1/s1. The molecule has 0 aromatic heterocycles. The largest absolute Gasteiger partial charge is 0.463 e. The Morgan fingerprint density at radius 3 is 2.39 bits per heavy atom. The number of cyclic esters (lactones) is 1. The molecule has 9 nitrogen and oxygen atoms in total. The highest BCUT2D eigenvalue weighted by Gasteiger charge is 2.82. The summed E-state index contributed by atoms with van der Waals surface area (Å²) in [4.78, 5) is 38.8. The van der Waals surface area contributed by atoms with Gasteiger partial charge in [0, 0.05) is 11.0 Å². The first-order valence-corrected chi connectivity index (χ1v) is 14.0. The van der Waals surface area contributed by atoms with Gasteiger partial charge < -0.3 is 28.8 Å². The molecule has 8 atom stereocenters. The van der Waals surface area contributed by atoms with Gasteiger partial charge in [-0.1, -0.05) is 33.3 Å². The highest BCUT2D eigenvalue weighted by atomic mass is 16.6. The predicted octanol–water partition coefficient (Wildman–Crippen LogP) is 3.25. The fraction of sp³-hybridized carbons (Fsp3) is 0.828. The second-order valence-electron chi connectivity index (χ2n) is 12.9. The Hall–Kier alpha value is -1.97. The summed E-state index contributed by atoms with van der Waals surface area (Å²) in [6, 6.07) is 0. The molecule has 1 N–H and O–H groups in total. The maximum Gasteiger partial charge on any atom is 0.333 e. The first kappa shape index (κ1) is 27.6. The van der Waals surface area contributed by atoms with E-state index in [1.165, 1.54) is 0 Å². The molecular weight excluding hydrogens is 492 g/mol. The second kappa shape index (κ2) is 9.03. The van der Waals surface area contributed by atoms with E-state index in [4.69, 9.17) is 23.7 Å². The van der Waals surface area contributed by atoms with E-state index in [1.807, 2.05) is 6.92 Å². The molecule has 5 fully saturated rings. The Kier molecular flexibility index (Phi) is 6.56. The number of allylic oxidation sites excluding steroid dienone is 1. The summed E-state index contributed by atoms with van der Waals surface area (Å²) in [5, 5.41) is 11.3. The summed E-state index contributed by atoms with van der Waals surface area (Å²) < 4.78 is 31.1. The maximum absolute atomic E-state index is 13.3. The van der Waals surface area contributed by atoms with Crippen molar-refractivity contribution < 1.29 is 43.2 Å². The molecule has 5 rings (SSSR count). The average molecular weight is 535 g/mol. The third-order valence-corrected chi connectivity index (χ3v) is 10.7. The number of aliphatic hydroxyl groups is 1. The van der Waals surface area contributed by atoms with Crippen molar-refractivity contribution in [1.29, 1.82) is 0 Å². The van der Waals surface area contributed by atoms with Crippen LogP contribution >= 0.6 is 0 Å². The van der Waals surface area contributed by atoms with Crippen LogP contribution in [0.5, 0.6) is 0 Å². The van der Waals surface area contributed by atoms with E-state index in [-0.39, 0.29) is 31.5 Å². The molecule has 0 aromatic carbocycles. The van der Waals surface area contributed by atoms with E-state index >= 15 is 0 Å². The average Bonchev–Trinajstić information content (AvgIpc) is 3.57. The number of fused-ring (bicyclic) bond motifs is 4. The molecule has 2 saturated carbocycles. The normalized spacial score (nSPS) is 45.9. The van der Waals surface area contributed by atoms with Gasteiger partial charge in [0.05, 0.1) is 31.0 Å². The molecule has 9 heteroatoms. The van der Waals surface area contributed by atoms with Crippen LogP contribution < -0.4 is 0 Å². The van der Waals surface area contributed by atoms with E-state index in [2.05, 4.69) is 6.92 Å². The van der Waals surface area contributed by atoms with Gasteiger partial charge in [0.15, 0.2) is 12.2 Å². The second-order valence-corrected chi connectivity index (χ2v) is 12.9. The first-order chi connectivity index (χ1) is 17.8. The first-order valence-electron chi connectivity index (χ1n) is 14.0. The molecule has 3 heterocycles. The highest BCUT2D eigenvalue weighted by Crippen LogP contribution is 2.72. The van der Waals surface area contributed by atoms with E-state index in [0.29, 0.717) is 25.0 Å². The number of hydrogen-bond donors (Lipinski definition) is 1. The summed E-state index contributed by atoms with van der Waals surface area (Å²) >= 11 is 0. The molecule has 0 bridgehead atoms. The van der Waals surface area contributed by atoms with Gasteiger partial charge >= 0.3 is 17.9 Å². The number of carbonyl (C=O) groups excluding carboxylic acids is 3. The van der Waals surface area contributed by atoms with Crippen LogP contribution in [-0.4, -0.2) is 71.8 Å². The van der Waals surface area contributed by atoms with E-state index < -0.39 is 57.7 Å². The lowest BCUT2D eigenvalue weighted by Crippen LogP contribution is -2.80. The number of carbonyl (C=O) groups is 3. The van der Waals surface area contributed by atoms with Crippen molar-refractivity contribution in [1.82, 2.24) is 0 Å². The third kappa shape index (κ3) is 3.64. The van der Waals surface area contributed by atoms with E-state index in [0.717, 1.165) is 19.3 Å². The zero-order valence-electron chi connectivity index (χ0n) is 23.5. The maximum atomic E-state index is 13.3. The monoisotopic (exact) mass is 534 g/mol. The van der Waals surface area contributed by atoms with Gasteiger partial charge in [-0.2, -0.15) is 0 Å². The molecule has 1 unspecified atom stereocenters. The lowest BCUT2D eigenvalue weighted by atomic mass is 9.40. The van der Waals surface area contributed by atoms with Crippen molar-refractivity contribution in [2.45, 2.75) is 109 Å².